The van der Waals surface area contributed by atoms with Gasteiger partial charge in [-0.05, 0) is 44.0 Å². The van der Waals surface area contributed by atoms with Crippen LogP contribution in [0.15, 0.2) is 18.2 Å². The second-order valence-electron chi connectivity index (χ2n) is 7.84. The first-order valence-corrected chi connectivity index (χ1v) is 10.3. The third-order valence-corrected chi connectivity index (χ3v) is 5.82. The standard InChI is InChI=1S/C21H33N5O2/c1-4-22-20(27)21(28)23-15-19(26-12-10-24(2)11-13-26)17-7-8-18-16(14-17)6-5-9-25(18)3/h7-8,14,19H,4-6,9-13,15H2,1-3H3,(H,22,27)(H,23,28)/t19-/m1/s1. The molecule has 1 aromatic rings. The molecular weight excluding hydrogens is 354 g/mol. The largest absolute Gasteiger partial charge is 0.374 e. The van der Waals surface area contributed by atoms with Gasteiger partial charge in [0.05, 0.1) is 6.04 Å². The Bertz CT molecular complexity index is 700. The van der Waals surface area contributed by atoms with Gasteiger partial charge in [0.2, 0.25) is 0 Å². The van der Waals surface area contributed by atoms with Crippen molar-refractivity contribution in [2.45, 2.75) is 25.8 Å². The summed E-state index contributed by atoms with van der Waals surface area (Å²) in [6.45, 7) is 7.72. The zero-order chi connectivity index (χ0) is 20.1. The molecule has 7 nitrogen and oxygen atoms in total. The van der Waals surface area contributed by atoms with Gasteiger partial charge in [-0.1, -0.05) is 12.1 Å². The number of piperazine rings is 1. The first-order valence-electron chi connectivity index (χ1n) is 10.3. The predicted molar refractivity (Wildman–Crippen MR) is 112 cm³/mol. The number of carbonyl (C=O) groups excluding carboxylic acids is 2. The van der Waals surface area contributed by atoms with Gasteiger partial charge in [-0.2, -0.15) is 0 Å². The molecule has 0 spiro atoms. The minimum absolute atomic E-state index is 0.0737. The zero-order valence-electron chi connectivity index (χ0n) is 17.3. The number of carbonyl (C=O) groups is 2. The van der Waals surface area contributed by atoms with E-state index in [9.17, 15) is 9.59 Å². The first-order chi connectivity index (χ1) is 13.5. The van der Waals surface area contributed by atoms with Crippen molar-refractivity contribution < 1.29 is 9.59 Å². The van der Waals surface area contributed by atoms with Gasteiger partial charge in [0.25, 0.3) is 0 Å². The minimum atomic E-state index is -0.563. The molecule has 2 aliphatic rings. The highest BCUT2D eigenvalue weighted by atomic mass is 16.2. The molecule has 1 aromatic carbocycles. The van der Waals surface area contributed by atoms with E-state index in [-0.39, 0.29) is 6.04 Å². The molecule has 28 heavy (non-hydrogen) atoms. The van der Waals surface area contributed by atoms with E-state index < -0.39 is 11.8 Å². The van der Waals surface area contributed by atoms with E-state index in [1.54, 1.807) is 0 Å². The number of nitrogens with one attached hydrogen (secondary N) is 2. The lowest BCUT2D eigenvalue weighted by atomic mass is 9.95. The van der Waals surface area contributed by atoms with Crippen LogP contribution in [0.1, 0.15) is 30.5 Å². The average molecular weight is 388 g/mol. The molecule has 0 saturated carbocycles. The van der Waals surface area contributed by atoms with Crippen LogP contribution in [-0.4, -0.2) is 81.5 Å². The maximum Gasteiger partial charge on any atom is 0.309 e. The van der Waals surface area contributed by atoms with E-state index in [1.165, 1.54) is 23.2 Å². The number of fused-ring (bicyclic) bond motifs is 1. The van der Waals surface area contributed by atoms with Gasteiger partial charge in [0.15, 0.2) is 0 Å². The van der Waals surface area contributed by atoms with Crippen LogP contribution in [0.3, 0.4) is 0 Å². The molecule has 1 fully saturated rings. The van der Waals surface area contributed by atoms with E-state index >= 15 is 0 Å². The van der Waals surface area contributed by atoms with Crippen molar-refractivity contribution in [3.8, 4) is 0 Å². The van der Waals surface area contributed by atoms with Crippen LogP contribution in [-0.2, 0) is 16.0 Å². The number of amides is 2. The SMILES string of the molecule is CCNC(=O)C(=O)NC[C@H](c1ccc2c(c1)CCCN2C)N1CCN(C)CC1. The first kappa shape index (κ1) is 20.6. The van der Waals surface area contributed by atoms with Crippen LogP contribution in [0, 0.1) is 0 Å². The molecule has 1 atom stereocenters. The van der Waals surface area contributed by atoms with Crippen molar-refractivity contribution >= 4 is 17.5 Å². The normalized spacial score (nSPS) is 19.0. The number of anilines is 1. The Morgan fingerprint density at radius 2 is 1.75 bits per heavy atom. The Kier molecular flexibility index (Phi) is 6.91. The Balaban J connectivity index is 1.78. The molecule has 154 valence electrons. The van der Waals surface area contributed by atoms with E-state index in [1.807, 2.05) is 6.92 Å². The highest BCUT2D eigenvalue weighted by Gasteiger charge is 2.26. The van der Waals surface area contributed by atoms with Crippen molar-refractivity contribution in [1.82, 2.24) is 20.4 Å². The molecule has 0 unspecified atom stereocenters. The number of rotatable bonds is 5. The average Bonchev–Trinajstić information content (AvgIpc) is 2.69. The summed E-state index contributed by atoms with van der Waals surface area (Å²) >= 11 is 0. The Morgan fingerprint density at radius 1 is 1.04 bits per heavy atom. The smallest absolute Gasteiger partial charge is 0.309 e. The minimum Gasteiger partial charge on any atom is -0.374 e. The molecule has 2 N–H and O–H groups in total. The molecule has 7 heteroatoms. The van der Waals surface area contributed by atoms with Gasteiger partial charge in [0.1, 0.15) is 0 Å². The predicted octanol–water partition coefficient (Wildman–Crippen LogP) is 0.610. The van der Waals surface area contributed by atoms with Crippen LogP contribution < -0.4 is 15.5 Å². The quantitative estimate of drug-likeness (QED) is 0.725. The zero-order valence-corrected chi connectivity index (χ0v) is 17.3. The number of benzene rings is 1. The third kappa shape index (κ3) is 4.83. The van der Waals surface area contributed by atoms with Crippen molar-refractivity contribution in [1.29, 1.82) is 0 Å². The molecule has 0 bridgehead atoms. The summed E-state index contributed by atoms with van der Waals surface area (Å²) in [6.07, 6.45) is 2.26. The lowest BCUT2D eigenvalue weighted by Gasteiger charge is -2.39. The van der Waals surface area contributed by atoms with Crippen LogP contribution in [0.2, 0.25) is 0 Å². The molecule has 0 aromatic heterocycles. The summed E-state index contributed by atoms with van der Waals surface area (Å²) in [6, 6.07) is 6.76. The Hall–Kier alpha value is -2.12. The van der Waals surface area contributed by atoms with E-state index in [2.05, 4.69) is 57.6 Å². The lowest BCUT2D eigenvalue weighted by Crippen LogP contribution is -2.49. The molecular formula is C21H33N5O2. The van der Waals surface area contributed by atoms with Gasteiger partial charge in [-0.15, -0.1) is 0 Å². The summed E-state index contributed by atoms with van der Waals surface area (Å²) in [5, 5.41) is 5.41. The fraction of sp³-hybridized carbons (Fsp3) is 0.619. The monoisotopic (exact) mass is 387 g/mol. The van der Waals surface area contributed by atoms with E-state index in [4.69, 9.17) is 0 Å². The van der Waals surface area contributed by atoms with Gasteiger partial charge in [0, 0.05) is 58.5 Å². The molecule has 3 rings (SSSR count). The van der Waals surface area contributed by atoms with Gasteiger partial charge < -0.3 is 20.4 Å². The molecule has 0 aliphatic carbocycles. The number of hydrogen-bond donors (Lipinski definition) is 2. The van der Waals surface area contributed by atoms with Crippen molar-refractivity contribution in [2.24, 2.45) is 0 Å². The summed E-state index contributed by atoms with van der Waals surface area (Å²) in [5.74, 6) is -1.12. The van der Waals surface area contributed by atoms with E-state index in [0.29, 0.717) is 13.1 Å². The molecule has 2 heterocycles. The topological polar surface area (TPSA) is 67.9 Å². The van der Waals surface area contributed by atoms with Crippen molar-refractivity contribution in [3.63, 3.8) is 0 Å². The fourth-order valence-corrected chi connectivity index (χ4v) is 4.11. The molecule has 1 saturated heterocycles. The van der Waals surface area contributed by atoms with Crippen LogP contribution in [0.25, 0.3) is 0 Å². The number of aryl methyl sites for hydroxylation is 1. The second kappa shape index (κ2) is 9.39. The fourth-order valence-electron chi connectivity index (χ4n) is 4.11. The lowest BCUT2D eigenvalue weighted by molar-refractivity contribution is -0.139. The highest BCUT2D eigenvalue weighted by molar-refractivity contribution is 6.35. The summed E-state index contributed by atoms with van der Waals surface area (Å²) < 4.78 is 0. The van der Waals surface area contributed by atoms with Gasteiger partial charge in [-0.25, -0.2) is 0 Å². The maximum absolute atomic E-state index is 12.1. The number of likely N-dealkylation sites (N-methyl/N-ethyl adjacent to an activating group) is 2. The number of nitrogens with zero attached hydrogens (tertiary/aromatic N) is 3. The molecule has 0 radical (unpaired) electrons. The number of hydrogen-bond acceptors (Lipinski definition) is 5. The molecule has 2 aliphatic heterocycles. The summed E-state index contributed by atoms with van der Waals surface area (Å²) in [5.41, 5.74) is 3.90. The van der Waals surface area contributed by atoms with Gasteiger partial charge >= 0.3 is 11.8 Å². The van der Waals surface area contributed by atoms with Crippen molar-refractivity contribution in [2.75, 3.05) is 64.8 Å². The molecule has 2 amide bonds. The Morgan fingerprint density at radius 3 is 2.46 bits per heavy atom. The van der Waals surface area contributed by atoms with Crippen molar-refractivity contribution in [3.05, 3.63) is 29.3 Å². The van der Waals surface area contributed by atoms with Crippen LogP contribution in [0.5, 0.6) is 0 Å². The van der Waals surface area contributed by atoms with Crippen LogP contribution >= 0.6 is 0 Å². The van der Waals surface area contributed by atoms with Gasteiger partial charge in [-0.3, -0.25) is 14.5 Å². The third-order valence-electron chi connectivity index (χ3n) is 5.82. The second-order valence-corrected chi connectivity index (χ2v) is 7.84. The van der Waals surface area contributed by atoms with Crippen LogP contribution in [0.4, 0.5) is 5.69 Å². The van der Waals surface area contributed by atoms with E-state index in [0.717, 1.165) is 39.1 Å². The summed E-state index contributed by atoms with van der Waals surface area (Å²) in [4.78, 5) is 31.0. The Labute approximate surface area is 168 Å². The highest BCUT2D eigenvalue weighted by Crippen LogP contribution is 2.31. The summed E-state index contributed by atoms with van der Waals surface area (Å²) in [7, 11) is 4.28. The maximum atomic E-state index is 12.1.